The number of hydrogen-bond donors (Lipinski definition) is 1. The minimum Gasteiger partial charge on any atom is -0.352 e. The summed E-state index contributed by atoms with van der Waals surface area (Å²) in [5.41, 5.74) is 2.75. The van der Waals surface area contributed by atoms with E-state index in [0.717, 1.165) is 16.8 Å². The maximum absolute atomic E-state index is 12.7. The second-order valence-electron chi connectivity index (χ2n) is 7.75. The fourth-order valence-electron chi connectivity index (χ4n) is 3.79. The summed E-state index contributed by atoms with van der Waals surface area (Å²) >= 11 is 0. The molecule has 8 heteroatoms. The van der Waals surface area contributed by atoms with Gasteiger partial charge < -0.3 is 5.32 Å². The van der Waals surface area contributed by atoms with Crippen LogP contribution in [-0.2, 0) is 27.1 Å². The fourth-order valence-corrected chi connectivity index (χ4v) is 5.36. The van der Waals surface area contributed by atoms with Crippen molar-refractivity contribution < 1.29 is 13.2 Å². The van der Waals surface area contributed by atoms with E-state index in [1.165, 1.54) is 4.31 Å². The van der Waals surface area contributed by atoms with Crippen LogP contribution < -0.4 is 5.32 Å². The Balaban J connectivity index is 1.25. The van der Waals surface area contributed by atoms with Crippen molar-refractivity contribution in [2.75, 3.05) is 13.1 Å². The topological polar surface area (TPSA) is 84.3 Å². The molecule has 31 heavy (non-hydrogen) atoms. The summed E-state index contributed by atoms with van der Waals surface area (Å²) in [4.78, 5) is 12.6. The highest BCUT2D eigenvalue weighted by atomic mass is 32.2. The van der Waals surface area contributed by atoms with Crippen molar-refractivity contribution in [3.63, 3.8) is 0 Å². The van der Waals surface area contributed by atoms with Gasteiger partial charge in [0.1, 0.15) is 0 Å². The molecule has 0 bridgehead atoms. The van der Waals surface area contributed by atoms with Crippen molar-refractivity contribution in [2.24, 2.45) is 5.92 Å². The van der Waals surface area contributed by atoms with Gasteiger partial charge in [-0.2, -0.15) is 5.10 Å². The van der Waals surface area contributed by atoms with E-state index in [0.29, 0.717) is 32.5 Å². The quantitative estimate of drug-likeness (QED) is 0.615. The van der Waals surface area contributed by atoms with Gasteiger partial charge in [-0.1, -0.05) is 42.5 Å². The molecule has 162 valence electrons. The molecule has 1 fully saturated rings. The Morgan fingerprint density at radius 1 is 0.968 bits per heavy atom. The summed E-state index contributed by atoms with van der Waals surface area (Å²) in [6, 6.07) is 18.9. The lowest BCUT2D eigenvalue weighted by Gasteiger charge is -2.30. The molecule has 0 aliphatic carbocycles. The van der Waals surface area contributed by atoms with Gasteiger partial charge in [-0.3, -0.25) is 4.79 Å². The van der Waals surface area contributed by atoms with E-state index < -0.39 is 10.0 Å². The highest BCUT2D eigenvalue weighted by Crippen LogP contribution is 2.22. The van der Waals surface area contributed by atoms with Gasteiger partial charge in [0.25, 0.3) is 0 Å². The largest absolute Gasteiger partial charge is 0.352 e. The number of benzene rings is 2. The van der Waals surface area contributed by atoms with Crippen molar-refractivity contribution >= 4 is 15.9 Å². The van der Waals surface area contributed by atoms with Gasteiger partial charge >= 0.3 is 0 Å². The first kappa shape index (κ1) is 21.3. The number of piperidine rings is 1. The van der Waals surface area contributed by atoms with Gasteiger partial charge in [0.15, 0.2) is 0 Å². The number of amides is 1. The Hall–Kier alpha value is -2.97. The van der Waals surface area contributed by atoms with Crippen LogP contribution in [0.15, 0.2) is 73.1 Å². The number of rotatable bonds is 7. The highest BCUT2D eigenvalue weighted by Gasteiger charge is 2.31. The van der Waals surface area contributed by atoms with Gasteiger partial charge in [0, 0.05) is 37.9 Å². The van der Waals surface area contributed by atoms with E-state index in [1.54, 1.807) is 10.9 Å². The molecule has 0 atom stereocenters. The highest BCUT2D eigenvalue weighted by molar-refractivity contribution is 7.88. The van der Waals surface area contributed by atoms with Crippen LogP contribution in [0.3, 0.4) is 0 Å². The summed E-state index contributed by atoms with van der Waals surface area (Å²) in [5.74, 6) is -0.179. The van der Waals surface area contributed by atoms with Crippen molar-refractivity contribution in [1.82, 2.24) is 19.4 Å². The normalized spacial score (nSPS) is 15.6. The number of sulfonamides is 1. The molecule has 4 rings (SSSR count). The molecule has 1 aromatic heterocycles. The molecular formula is C23H26N4O3S. The summed E-state index contributed by atoms with van der Waals surface area (Å²) < 4.78 is 28.6. The van der Waals surface area contributed by atoms with Crippen LogP contribution in [0.25, 0.3) is 5.69 Å². The predicted octanol–water partition coefficient (Wildman–Crippen LogP) is 2.73. The van der Waals surface area contributed by atoms with E-state index in [-0.39, 0.29) is 17.6 Å². The van der Waals surface area contributed by atoms with Crippen LogP contribution >= 0.6 is 0 Å². The van der Waals surface area contributed by atoms with Crippen LogP contribution in [0.2, 0.25) is 0 Å². The zero-order valence-electron chi connectivity index (χ0n) is 17.2. The van der Waals surface area contributed by atoms with E-state index in [4.69, 9.17) is 0 Å². The second-order valence-corrected chi connectivity index (χ2v) is 9.72. The van der Waals surface area contributed by atoms with Crippen molar-refractivity contribution in [2.45, 2.75) is 25.1 Å². The molecule has 2 heterocycles. The Kier molecular flexibility index (Phi) is 6.48. The van der Waals surface area contributed by atoms with Crippen molar-refractivity contribution in [1.29, 1.82) is 0 Å². The molecule has 0 spiro atoms. The monoisotopic (exact) mass is 438 g/mol. The van der Waals surface area contributed by atoms with E-state index in [2.05, 4.69) is 10.4 Å². The van der Waals surface area contributed by atoms with Crippen molar-refractivity contribution in [3.8, 4) is 5.69 Å². The smallest absolute Gasteiger partial charge is 0.223 e. The van der Waals surface area contributed by atoms with Crippen LogP contribution in [-0.4, -0.2) is 41.5 Å². The second kappa shape index (κ2) is 9.45. The first-order valence-corrected chi connectivity index (χ1v) is 12.0. The number of nitrogens with zero attached hydrogens (tertiary/aromatic N) is 3. The summed E-state index contributed by atoms with van der Waals surface area (Å²) in [6.45, 7) is 1.21. The molecule has 1 saturated heterocycles. The molecular weight excluding hydrogens is 412 g/mol. The standard InChI is InChI=1S/C23H26N4O3S/c28-23(24-17-19-7-9-22(10-8-19)27-14-4-13-25-27)21-11-15-26(16-12-21)31(29,30)18-20-5-2-1-3-6-20/h1-10,13-14,21H,11-12,15-18H2,(H,24,28). The lowest BCUT2D eigenvalue weighted by atomic mass is 9.97. The summed E-state index contributed by atoms with van der Waals surface area (Å²) in [5, 5.41) is 7.19. The maximum atomic E-state index is 12.7. The fraction of sp³-hybridized carbons (Fsp3) is 0.304. The third-order valence-corrected chi connectivity index (χ3v) is 7.43. The average Bonchev–Trinajstić information content (AvgIpc) is 3.33. The van der Waals surface area contributed by atoms with Crippen LogP contribution in [0.5, 0.6) is 0 Å². The molecule has 0 radical (unpaired) electrons. The minimum absolute atomic E-state index is 0.000764. The molecule has 1 aliphatic rings. The van der Waals surface area contributed by atoms with Gasteiger partial charge in [0.2, 0.25) is 15.9 Å². The van der Waals surface area contributed by atoms with Crippen LogP contribution in [0, 0.1) is 5.92 Å². The van der Waals surface area contributed by atoms with Gasteiger partial charge in [0.05, 0.1) is 11.4 Å². The predicted molar refractivity (Wildman–Crippen MR) is 119 cm³/mol. The SMILES string of the molecule is O=C(NCc1ccc(-n2cccn2)cc1)C1CCN(S(=O)(=O)Cc2ccccc2)CC1. The molecule has 1 N–H and O–H groups in total. The summed E-state index contributed by atoms with van der Waals surface area (Å²) in [6.07, 6.45) is 4.69. The van der Waals surface area contributed by atoms with Gasteiger partial charge in [-0.05, 0) is 42.2 Å². The Morgan fingerprint density at radius 3 is 2.32 bits per heavy atom. The molecule has 3 aromatic rings. The van der Waals surface area contributed by atoms with Crippen LogP contribution in [0.1, 0.15) is 24.0 Å². The maximum Gasteiger partial charge on any atom is 0.223 e. The Morgan fingerprint density at radius 2 is 1.68 bits per heavy atom. The van der Waals surface area contributed by atoms with Crippen molar-refractivity contribution in [3.05, 3.63) is 84.2 Å². The lowest BCUT2D eigenvalue weighted by Crippen LogP contribution is -2.43. The molecule has 2 aromatic carbocycles. The number of nitrogens with one attached hydrogen (secondary N) is 1. The van der Waals surface area contributed by atoms with Crippen LogP contribution in [0.4, 0.5) is 0 Å². The molecule has 0 unspecified atom stereocenters. The van der Waals surface area contributed by atoms with E-state index >= 15 is 0 Å². The summed E-state index contributed by atoms with van der Waals surface area (Å²) in [7, 11) is -3.37. The van der Waals surface area contributed by atoms with E-state index in [1.807, 2.05) is 66.9 Å². The molecule has 7 nitrogen and oxygen atoms in total. The molecule has 1 amide bonds. The third kappa shape index (κ3) is 5.39. The number of hydrogen-bond acceptors (Lipinski definition) is 4. The molecule has 1 aliphatic heterocycles. The number of aromatic nitrogens is 2. The lowest BCUT2D eigenvalue weighted by molar-refractivity contribution is -0.126. The van der Waals surface area contributed by atoms with Gasteiger partial charge in [-0.25, -0.2) is 17.4 Å². The average molecular weight is 439 g/mol. The first-order chi connectivity index (χ1) is 15.0. The zero-order valence-corrected chi connectivity index (χ0v) is 18.0. The third-order valence-electron chi connectivity index (χ3n) is 5.58. The number of carbonyl (C=O) groups is 1. The van der Waals surface area contributed by atoms with E-state index in [9.17, 15) is 13.2 Å². The number of carbonyl (C=O) groups excluding carboxylic acids is 1. The molecule has 0 saturated carbocycles. The Bertz CT molecular complexity index is 1090. The first-order valence-electron chi connectivity index (χ1n) is 10.4. The van der Waals surface area contributed by atoms with Gasteiger partial charge in [-0.15, -0.1) is 0 Å². The minimum atomic E-state index is -3.37. The Labute approximate surface area is 182 Å². The zero-order chi connectivity index (χ0) is 21.7.